The van der Waals surface area contributed by atoms with Crippen molar-refractivity contribution in [3.05, 3.63) is 247 Å². The zero-order valence-corrected chi connectivity index (χ0v) is 39.1. The summed E-state index contributed by atoms with van der Waals surface area (Å²) in [5.41, 5.74) is 23.2. The van der Waals surface area contributed by atoms with Crippen LogP contribution in [0.1, 0.15) is 26.3 Å². The van der Waals surface area contributed by atoms with E-state index in [9.17, 15) is 0 Å². The molecular formula is C64H48BClN2. The van der Waals surface area contributed by atoms with E-state index in [4.69, 9.17) is 11.6 Å². The lowest BCUT2D eigenvalue weighted by atomic mass is 9.33. The molecule has 0 saturated heterocycles. The second-order valence-corrected chi connectivity index (χ2v) is 19.4. The van der Waals surface area contributed by atoms with Crippen molar-refractivity contribution < 1.29 is 0 Å². The number of hydrogen-bond donors (Lipinski definition) is 0. The summed E-state index contributed by atoms with van der Waals surface area (Å²) in [6.45, 7) is 6.89. The third-order valence-corrected chi connectivity index (χ3v) is 14.1. The van der Waals surface area contributed by atoms with E-state index in [1.54, 1.807) is 0 Å². The molecule has 0 bridgehead atoms. The number of para-hydroxylation sites is 2. The van der Waals surface area contributed by atoms with E-state index in [2.05, 4.69) is 267 Å². The molecule has 0 amide bonds. The first-order valence-corrected chi connectivity index (χ1v) is 23.9. The molecule has 2 aliphatic rings. The molecule has 324 valence electrons. The summed E-state index contributed by atoms with van der Waals surface area (Å²) in [4.78, 5) is 5.17. The Kier molecular flexibility index (Phi) is 10.3. The van der Waals surface area contributed by atoms with Crippen molar-refractivity contribution in [1.29, 1.82) is 0 Å². The molecule has 0 aliphatic carbocycles. The smallest absolute Gasteiger partial charge is 0.252 e. The first-order valence-electron chi connectivity index (χ1n) is 23.6. The minimum Gasteiger partial charge on any atom is -0.310 e. The molecule has 2 aliphatic heterocycles. The molecule has 12 rings (SSSR count). The number of fused-ring (bicyclic) bond motifs is 4. The molecule has 68 heavy (non-hydrogen) atoms. The molecule has 0 aromatic heterocycles. The molecular weight excluding hydrogens is 843 g/mol. The van der Waals surface area contributed by atoms with Crippen molar-refractivity contribution in [1.82, 2.24) is 0 Å². The van der Waals surface area contributed by atoms with Gasteiger partial charge in [-0.15, -0.1) is 0 Å². The van der Waals surface area contributed by atoms with Crippen LogP contribution in [0.5, 0.6) is 0 Å². The van der Waals surface area contributed by atoms with Crippen LogP contribution in [-0.4, -0.2) is 6.71 Å². The zero-order chi connectivity index (χ0) is 45.9. The molecule has 0 spiro atoms. The van der Waals surface area contributed by atoms with Crippen LogP contribution in [-0.2, 0) is 5.41 Å². The highest BCUT2D eigenvalue weighted by Crippen LogP contribution is 2.53. The van der Waals surface area contributed by atoms with E-state index in [1.165, 1.54) is 49.9 Å². The Balaban J connectivity index is 1.26. The molecule has 0 atom stereocenters. The number of anilines is 6. The molecule has 4 heteroatoms. The van der Waals surface area contributed by atoms with Crippen LogP contribution < -0.4 is 26.2 Å². The Bertz CT molecular complexity index is 3380. The Morgan fingerprint density at radius 3 is 1.18 bits per heavy atom. The van der Waals surface area contributed by atoms with Crippen molar-refractivity contribution in [3.8, 4) is 55.6 Å². The average Bonchev–Trinajstić information content (AvgIpc) is 3.39. The summed E-state index contributed by atoms with van der Waals surface area (Å²) in [7, 11) is 0. The predicted molar refractivity (Wildman–Crippen MR) is 291 cm³/mol. The van der Waals surface area contributed by atoms with Crippen LogP contribution in [0.25, 0.3) is 55.6 Å². The molecule has 2 nitrogen and oxygen atoms in total. The maximum atomic E-state index is 7.24. The van der Waals surface area contributed by atoms with Crippen LogP contribution in [0.3, 0.4) is 0 Å². The maximum absolute atomic E-state index is 7.24. The van der Waals surface area contributed by atoms with Gasteiger partial charge in [0.2, 0.25) is 0 Å². The number of nitrogens with zero attached hydrogens (tertiary/aromatic N) is 2. The molecule has 0 N–H and O–H groups in total. The topological polar surface area (TPSA) is 6.48 Å². The average molecular weight is 891 g/mol. The summed E-state index contributed by atoms with van der Waals surface area (Å²) in [5.74, 6) is 0. The normalized spacial score (nSPS) is 12.6. The summed E-state index contributed by atoms with van der Waals surface area (Å²) in [6.07, 6.45) is 0. The van der Waals surface area contributed by atoms with Gasteiger partial charge >= 0.3 is 0 Å². The summed E-state index contributed by atoms with van der Waals surface area (Å²) in [5, 5.41) is 0.697. The van der Waals surface area contributed by atoms with Crippen molar-refractivity contribution in [2.45, 2.75) is 26.2 Å². The van der Waals surface area contributed by atoms with E-state index in [0.29, 0.717) is 5.02 Å². The minimum absolute atomic E-state index is 0.124. The first kappa shape index (κ1) is 41.6. The van der Waals surface area contributed by atoms with Gasteiger partial charge in [0, 0.05) is 50.0 Å². The summed E-state index contributed by atoms with van der Waals surface area (Å²) >= 11 is 7.24. The molecule has 0 saturated carbocycles. The van der Waals surface area contributed by atoms with Gasteiger partial charge in [0.1, 0.15) is 0 Å². The van der Waals surface area contributed by atoms with Gasteiger partial charge in [0.05, 0.1) is 11.4 Å². The highest BCUT2D eigenvalue weighted by Gasteiger charge is 2.46. The van der Waals surface area contributed by atoms with E-state index in [-0.39, 0.29) is 12.1 Å². The van der Waals surface area contributed by atoms with Gasteiger partial charge in [-0.3, -0.25) is 0 Å². The first-order chi connectivity index (χ1) is 33.3. The Morgan fingerprint density at radius 2 is 0.750 bits per heavy atom. The predicted octanol–water partition coefficient (Wildman–Crippen LogP) is 16.1. The molecule has 10 aromatic carbocycles. The maximum Gasteiger partial charge on any atom is 0.252 e. The van der Waals surface area contributed by atoms with Crippen LogP contribution in [0.15, 0.2) is 237 Å². The van der Waals surface area contributed by atoms with Gasteiger partial charge in [0.15, 0.2) is 0 Å². The monoisotopic (exact) mass is 890 g/mol. The second kappa shape index (κ2) is 16.8. The number of halogens is 1. The lowest BCUT2D eigenvalue weighted by Gasteiger charge is -2.46. The fraction of sp³-hybridized carbons (Fsp3) is 0.0625. The minimum atomic E-state index is -0.215. The van der Waals surface area contributed by atoms with Gasteiger partial charge in [-0.05, 0) is 91.1 Å². The third-order valence-electron chi connectivity index (χ3n) is 13.9. The van der Waals surface area contributed by atoms with Crippen molar-refractivity contribution >= 4 is 68.8 Å². The number of hydrogen-bond acceptors (Lipinski definition) is 2. The van der Waals surface area contributed by atoms with E-state index in [0.717, 1.165) is 61.8 Å². The fourth-order valence-corrected chi connectivity index (χ4v) is 10.8. The van der Waals surface area contributed by atoms with Crippen molar-refractivity contribution in [3.63, 3.8) is 0 Å². The SMILES string of the molecule is CC(C)(C)c1cc2c3c(c1)N(c1c(-c4ccccc4)cccc1-c1ccccc1)c1cc(Cl)ccc1B3c1cc(-c3ccccc3)ccc1N2c1c(-c2ccccc2)cccc1-c1ccccc1. The van der Waals surface area contributed by atoms with Crippen LogP contribution in [0.4, 0.5) is 34.1 Å². The van der Waals surface area contributed by atoms with Crippen molar-refractivity contribution in [2.24, 2.45) is 0 Å². The fourth-order valence-electron chi connectivity index (χ4n) is 10.7. The highest BCUT2D eigenvalue weighted by atomic mass is 35.5. The molecule has 0 unspecified atom stereocenters. The number of rotatable bonds is 7. The molecule has 0 radical (unpaired) electrons. The lowest BCUT2D eigenvalue weighted by molar-refractivity contribution is 0.590. The van der Waals surface area contributed by atoms with Gasteiger partial charge in [0.25, 0.3) is 6.71 Å². The second-order valence-electron chi connectivity index (χ2n) is 19.0. The van der Waals surface area contributed by atoms with Crippen molar-refractivity contribution in [2.75, 3.05) is 9.80 Å². The number of benzene rings is 10. The Hall–Kier alpha value is -7.85. The van der Waals surface area contributed by atoms with Gasteiger partial charge in [-0.25, -0.2) is 0 Å². The van der Waals surface area contributed by atoms with E-state index >= 15 is 0 Å². The Morgan fingerprint density at radius 1 is 0.338 bits per heavy atom. The quantitative estimate of drug-likeness (QED) is 0.147. The molecule has 0 fully saturated rings. The van der Waals surface area contributed by atoms with Crippen LogP contribution >= 0.6 is 11.6 Å². The highest BCUT2D eigenvalue weighted by molar-refractivity contribution is 7.00. The van der Waals surface area contributed by atoms with Gasteiger partial charge < -0.3 is 9.80 Å². The molecule has 2 heterocycles. The van der Waals surface area contributed by atoms with Gasteiger partial charge in [-0.2, -0.15) is 0 Å². The summed E-state index contributed by atoms with van der Waals surface area (Å²) in [6, 6.07) is 86.5. The van der Waals surface area contributed by atoms with Gasteiger partial charge in [-0.1, -0.05) is 239 Å². The lowest BCUT2D eigenvalue weighted by Crippen LogP contribution is -2.61. The van der Waals surface area contributed by atoms with Crippen LogP contribution in [0.2, 0.25) is 5.02 Å². The zero-order valence-electron chi connectivity index (χ0n) is 38.4. The standard InChI is InChI=1S/C64H48BClN2/c1-64(2,3)49-40-59-61-60(41-49)68(63-53(46-27-15-7-16-28-46)33-20-34-54(63)47-29-17-8-18-30-47)58-42-50(66)36-37-55(58)65(61)56-39-48(43-21-9-4-10-22-43)35-38-57(56)67(59)62-51(44-23-11-5-12-24-44)31-19-32-52(62)45-25-13-6-14-26-45/h4-42H,1-3H3. The third kappa shape index (κ3) is 7.05. The molecule has 10 aromatic rings. The summed E-state index contributed by atoms with van der Waals surface area (Å²) < 4.78 is 0. The van der Waals surface area contributed by atoms with E-state index in [1.807, 2.05) is 0 Å². The van der Waals surface area contributed by atoms with Crippen LogP contribution in [0, 0.1) is 0 Å². The largest absolute Gasteiger partial charge is 0.310 e. The van der Waals surface area contributed by atoms with E-state index < -0.39 is 0 Å². The Labute approximate surface area is 405 Å².